The molecule has 0 heterocycles. The summed E-state index contributed by atoms with van der Waals surface area (Å²) in [4.78, 5) is 19.3. The van der Waals surface area contributed by atoms with Crippen molar-refractivity contribution in [3.8, 4) is 5.75 Å². The summed E-state index contributed by atoms with van der Waals surface area (Å²) in [7, 11) is 0. The summed E-state index contributed by atoms with van der Waals surface area (Å²) in [6.07, 6.45) is -6.62. The summed E-state index contributed by atoms with van der Waals surface area (Å²) in [5, 5.41) is 60.3. The Morgan fingerprint density at radius 2 is 1.24 bits per heavy atom. The Labute approximate surface area is 190 Å². The van der Waals surface area contributed by atoms with E-state index in [1.165, 1.54) is 0 Å². The van der Waals surface area contributed by atoms with E-state index in [1.54, 1.807) is 6.92 Å². The van der Waals surface area contributed by atoms with E-state index in [1.807, 2.05) is 0 Å². The van der Waals surface area contributed by atoms with Gasteiger partial charge >= 0.3 is 5.97 Å². The number of carbonyl (C=O) groups excluding carboxylic acids is 1. The van der Waals surface area contributed by atoms with Gasteiger partial charge in [0.2, 0.25) is 0 Å². The number of aromatic hydroxyl groups is 1. The lowest BCUT2D eigenvalue weighted by molar-refractivity contribution is -0.137. The van der Waals surface area contributed by atoms with Gasteiger partial charge in [0.25, 0.3) is 0 Å². The monoisotopic (exact) mass is 518 g/mol. The quantitative estimate of drug-likeness (QED) is 0.167. The van der Waals surface area contributed by atoms with E-state index in [2.05, 4.69) is 0 Å². The first-order valence-corrected chi connectivity index (χ1v) is 9.37. The van der Waals surface area contributed by atoms with Crippen LogP contribution in [0.3, 0.4) is 0 Å². The van der Waals surface area contributed by atoms with Crippen LogP contribution >= 0.6 is 58.0 Å². The lowest BCUT2D eigenvalue weighted by atomic mass is 10.0. The molecule has 1 aromatic rings. The fourth-order valence-electron chi connectivity index (χ4n) is 1.21. The number of carboxylic acid groups (broad SMARTS) is 1. The Hall–Kier alpha value is -0.590. The van der Waals surface area contributed by atoms with Gasteiger partial charge in [0, 0.05) is 6.42 Å². The standard InChI is InChI=1S/C6HCl5O.C6H12O6.C3H6O2/c7-1-2(8)4(10)6(12)5(11)3(1)9;7-1-3(9)5(11)6(12)4(10)2-8;1-2-3(4)5/h12H;1,3-6,8-12H,2H2;2H2,1H3,(H,4,5)/t;3-,4+,5+,6+;/m.0./s1. The molecule has 0 unspecified atom stereocenters. The van der Waals surface area contributed by atoms with Gasteiger partial charge in [0.05, 0.1) is 21.7 Å². The number of aldehydes is 1. The van der Waals surface area contributed by atoms with Gasteiger partial charge in [-0.05, 0) is 0 Å². The predicted molar refractivity (Wildman–Crippen MR) is 108 cm³/mol. The van der Waals surface area contributed by atoms with Crippen LogP contribution in [0.25, 0.3) is 0 Å². The van der Waals surface area contributed by atoms with Gasteiger partial charge in [-0.2, -0.15) is 0 Å². The molecule has 7 N–H and O–H groups in total. The minimum atomic E-state index is -1.79. The summed E-state index contributed by atoms with van der Waals surface area (Å²) >= 11 is 27.9. The second-order valence-corrected chi connectivity index (χ2v) is 6.91. The van der Waals surface area contributed by atoms with Crippen LogP contribution in [0.15, 0.2) is 0 Å². The third-order valence-corrected chi connectivity index (χ3v) is 5.17. The first kappa shape index (κ1) is 30.6. The smallest absolute Gasteiger partial charge is 0.303 e. The van der Waals surface area contributed by atoms with E-state index >= 15 is 0 Å². The fourth-order valence-corrected chi connectivity index (χ4v) is 2.34. The molecule has 0 radical (unpaired) electrons. The summed E-state index contributed by atoms with van der Waals surface area (Å²) in [6.45, 7) is 0.839. The number of benzene rings is 1. The number of hydrogen-bond donors (Lipinski definition) is 7. The summed E-state index contributed by atoms with van der Waals surface area (Å²) in [6, 6.07) is 0. The molecule has 1 aromatic carbocycles. The first-order chi connectivity index (χ1) is 13.3. The largest absolute Gasteiger partial charge is 0.505 e. The van der Waals surface area contributed by atoms with Crippen molar-refractivity contribution < 1.29 is 45.3 Å². The van der Waals surface area contributed by atoms with Crippen LogP contribution in [-0.4, -0.2) is 79.0 Å². The SMILES string of the molecule is CCC(=O)O.O=C[C@H](O)[C@@H](O)[C@H](O)[C@H](O)CO.Oc1c(Cl)c(Cl)c(Cl)c(Cl)c1Cl. The normalized spacial score (nSPS) is 14.3. The van der Waals surface area contributed by atoms with Gasteiger partial charge in [0.1, 0.15) is 34.5 Å². The van der Waals surface area contributed by atoms with Gasteiger partial charge < -0.3 is 40.5 Å². The van der Waals surface area contributed by atoms with Crippen LogP contribution in [0.1, 0.15) is 13.3 Å². The van der Waals surface area contributed by atoms with Gasteiger partial charge in [-0.15, -0.1) is 0 Å². The van der Waals surface area contributed by atoms with E-state index < -0.39 is 37.0 Å². The number of carbonyl (C=O) groups is 2. The van der Waals surface area contributed by atoms with Crippen molar-refractivity contribution in [3.63, 3.8) is 0 Å². The third-order valence-electron chi connectivity index (χ3n) is 2.91. The highest BCUT2D eigenvalue weighted by Gasteiger charge is 2.29. The summed E-state index contributed by atoms with van der Waals surface area (Å²) in [5.74, 6) is -1.11. The second-order valence-electron chi connectivity index (χ2n) is 5.02. The molecule has 0 spiro atoms. The van der Waals surface area contributed by atoms with E-state index in [0.717, 1.165) is 0 Å². The molecule has 4 atom stereocenters. The number of carboxylic acids is 1. The first-order valence-electron chi connectivity index (χ1n) is 7.48. The van der Waals surface area contributed by atoms with E-state index in [9.17, 15) is 14.7 Å². The van der Waals surface area contributed by atoms with Gasteiger partial charge in [-0.25, -0.2) is 0 Å². The molecule has 0 aromatic heterocycles. The number of aliphatic hydroxyl groups is 5. The average molecular weight is 521 g/mol. The molecular formula is C15H19Cl5O9. The fraction of sp³-hybridized carbons (Fsp3) is 0.467. The molecule has 0 aliphatic rings. The highest BCUT2D eigenvalue weighted by Crippen LogP contribution is 2.47. The minimum absolute atomic E-state index is 0.00904. The Bertz CT molecular complexity index is 569. The zero-order valence-corrected chi connectivity index (χ0v) is 18.4. The highest BCUT2D eigenvalue weighted by molar-refractivity contribution is 6.55. The molecule has 14 heteroatoms. The Morgan fingerprint density at radius 1 is 0.897 bits per heavy atom. The molecule has 29 heavy (non-hydrogen) atoms. The molecule has 0 saturated heterocycles. The van der Waals surface area contributed by atoms with Gasteiger partial charge in [-0.1, -0.05) is 64.9 Å². The number of halogens is 5. The van der Waals surface area contributed by atoms with E-state index in [0.29, 0.717) is 0 Å². The summed E-state index contributed by atoms with van der Waals surface area (Å²) in [5.41, 5.74) is 0. The third kappa shape index (κ3) is 10.3. The maximum Gasteiger partial charge on any atom is 0.303 e. The van der Waals surface area contributed by atoms with Gasteiger partial charge in [0.15, 0.2) is 12.0 Å². The molecule has 0 bridgehead atoms. The van der Waals surface area contributed by atoms with Gasteiger partial charge in [-0.3, -0.25) is 4.79 Å². The lowest BCUT2D eigenvalue weighted by Crippen LogP contribution is -2.46. The lowest BCUT2D eigenvalue weighted by Gasteiger charge is -2.22. The maximum atomic E-state index is 9.90. The van der Waals surface area contributed by atoms with Crippen molar-refractivity contribution in [2.45, 2.75) is 37.8 Å². The van der Waals surface area contributed by atoms with Crippen molar-refractivity contribution in [2.24, 2.45) is 0 Å². The molecule has 0 amide bonds. The van der Waals surface area contributed by atoms with E-state index in [-0.39, 0.29) is 43.6 Å². The Kier molecular flexibility index (Phi) is 16.1. The van der Waals surface area contributed by atoms with Crippen LogP contribution in [0.5, 0.6) is 5.75 Å². The maximum absolute atomic E-state index is 9.90. The Balaban J connectivity index is 0. The zero-order chi connectivity index (χ0) is 23.5. The van der Waals surface area contributed by atoms with Crippen LogP contribution < -0.4 is 0 Å². The van der Waals surface area contributed by atoms with Crippen molar-refractivity contribution >= 4 is 70.3 Å². The van der Waals surface area contributed by atoms with Crippen molar-refractivity contribution in [2.75, 3.05) is 6.61 Å². The van der Waals surface area contributed by atoms with Crippen molar-refractivity contribution in [3.05, 3.63) is 25.1 Å². The number of aliphatic hydroxyl groups excluding tert-OH is 5. The molecular weight excluding hydrogens is 501 g/mol. The zero-order valence-electron chi connectivity index (χ0n) is 14.6. The number of rotatable bonds is 6. The van der Waals surface area contributed by atoms with Crippen LogP contribution in [-0.2, 0) is 9.59 Å². The minimum Gasteiger partial charge on any atom is -0.505 e. The highest BCUT2D eigenvalue weighted by atomic mass is 35.5. The van der Waals surface area contributed by atoms with Crippen LogP contribution in [0.4, 0.5) is 0 Å². The molecule has 1 rings (SSSR count). The van der Waals surface area contributed by atoms with Crippen LogP contribution in [0.2, 0.25) is 25.1 Å². The molecule has 0 fully saturated rings. The molecule has 0 aliphatic carbocycles. The Morgan fingerprint density at radius 3 is 1.52 bits per heavy atom. The molecule has 0 saturated carbocycles. The average Bonchev–Trinajstić information content (AvgIpc) is 2.73. The van der Waals surface area contributed by atoms with Crippen LogP contribution in [0, 0.1) is 0 Å². The second kappa shape index (κ2) is 15.2. The number of phenolic OH excluding ortho intramolecular Hbond substituents is 1. The number of phenols is 1. The molecule has 0 aliphatic heterocycles. The van der Waals surface area contributed by atoms with E-state index in [4.69, 9.17) is 88.6 Å². The van der Waals surface area contributed by atoms with Crippen molar-refractivity contribution in [1.29, 1.82) is 0 Å². The predicted octanol–water partition coefficient (Wildman–Crippen LogP) is 1.76. The summed E-state index contributed by atoms with van der Waals surface area (Å²) < 4.78 is 0. The van der Waals surface area contributed by atoms with Crippen molar-refractivity contribution in [1.82, 2.24) is 0 Å². The number of hydrogen-bond acceptors (Lipinski definition) is 8. The number of aliphatic carboxylic acids is 1. The molecule has 9 nitrogen and oxygen atoms in total. The topological polar surface area (TPSA) is 176 Å². The molecule has 168 valence electrons.